The van der Waals surface area contributed by atoms with Crippen LogP contribution in [0.1, 0.15) is 11.7 Å². The van der Waals surface area contributed by atoms with Crippen LogP contribution >= 0.6 is 0 Å². The standard InChI is InChI=1S/C8H7NO3/c9-4-8(12)5-1-2-6(10)7(11)3-5/h1-3,8,10-12H/i4-1. The number of aromatic hydroxyl groups is 2. The number of nitrogens with zero attached hydrogens (tertiary/aromatic N) is 1. The van der Waals surface area contributed by atoms with Crippen LogP contribution in [0.25, 0.3) is 0 Å². The van der Waals surface area contributed by atoms with E-state index in [0.717, 1.165) is 6.07 Å². The van der Waals surface area contributed by atoms with Gasteiger partial charge in [-0.1, -0.05) is 6.07 Å². The molecule has 0 radical (unpaired) electrons. The van der Waals surface area contributed by atoms with E-state index in [4.69, 9.17) is 20.6 Å². The summed E-state index contributed by atoms with van der Waals surface area (Å²) in [7, 11) is 0. The van der Waals surface area contributed by atoms with Gasteiger partial charge in [-0.2, -0.15) is 5.26 Å². The van der Waals surface area contributed by atoms with Crippen molar-refractivity contribution in [1.29, 1.82) is 5.26 Å². The number of phenols is 2. The lowest BCUT2D eigenvalue weighted by molar-refractivity contribution is 0.235. The minimum absolute atomic E-state index is 0.257. The Morgan fingerprint density at radius 3 is 2.42 bits per heavy atom. The molecule has 0 saturated carbocycles. The van der Waals surface area contributed by atoms with E-state index >= 15 is 0 Å². The molecule has 3 N–H and O–H groups in total. The molecule has 0 amide bonds. The summed E-state index contributed by atoms with van der Waals surface area (Å²) in [4.78, 5) is 0. The Morgan fingerprint density at radius 2 is 1.92 bits per heavy atom. The zero-order valence-corrected chi connectivity index (χ0v) is 6.10. The Morgan fingerprint density at radius 1 is 1.25 bits per heavy atom. The van der Waals surface area contributed by atoms with Gasteiger partial charge >= 0.3 is 0 Å². The third-order valence-electron chi connectivity index (χ3n) is 1.44. The van der Waals surface area contributed by atoms with Crippen molar-refractivity contribution in [1.82, 2.24) is 0 Å². The maximum atomic E-state index is 8.99. The lowest BCUT2D eigenvalue weighted by Crippen LogP contribution is -1.91. The van der Waals surface area contributed by atoms with Crippen LogP contribution in [0.3, 0.4) is 0 Å². The number of nitriles is 1. The molecule has 1 aromatic carbocycles. The number of phenolic OH excluding ortho intramolecular Hbond substituents is 2. The van der Waals surface area contributed by atoms with E-state index in [0.29, 0.717) is 0 Å². The summed E-state index contributed by atoms with van der Waals surface area (Å²) >= 11 is 0. The fourth-order valence-corrected chi connectivity index (χ4v) is 0.785. The summed E-state index contributed by atoms with van der Waals surface area (Å²) < 4.78 is 0. The Balaban J connectivity index is 3.06. The van der Waals surface area contributed by atoms with Gasteiger partial charge in [0, 0.05) is 0 Å². The summed E-state index contributed by atoms with van der Waals surface area (Å²) in [5, 5.41) is 35.2. The highest BCUT2D eigenvalue weighted by atomic mass is 16.3. The van der Waals surface area contributed by atoms with E-state index in [2.05, 4.69) is 0 Å². The van der Waals surface area contributed by atoms with Gasteiger partial charge in [0.25, 0.3) is 0 Å². The highest BCUT2D eigenvalue weighted by Gasteiger charge is 2.07. The normalized spacial score (nSPS) is 12.0. The van der Waals surface area contributed by atoms with Gasteiger partial charge in [-0.3, -0.25) is 0 Å². The first-order valence-electron chi connectivity index (χ1n) is 3.24. The molecule has 1 unspecified atom stereocenters. The first-order chi connectivity index (χ1) is 5.65. The smallest absolute Gasteiger partial charge is 0.166 e. The molecule has 0 bridgehead atoms. The van der Waals surface area contributed by atoms with Crippen molar-refractivity contribution in [2.45, 2.75) is 6.10 Å². The Hall–Kier alpha value is -1.73. The lowest BCUT2D eigenvalue weighted by atomic mass is 9.96. The van der Waals surface area contributed by atoms with Crippen LogP contribution in [0.4, 0.5) is 0 Å². The second-order valence-electron chi connectivity index (χ2n) is 2.28. The highest BCUT2D eigenvalue weighted by molar-refractivity contribution is 5.42. The summed E-state index contributed by atoms with van der Waals surface area (Å²) in [6.07, 6.45) is -1.27. The fourth-order valence-electron chi connectivity index (χ4n) is 0.785. The van der Waals surface area contributed by atoms with Crippen molar-refractivity contribution in [3.8, 4) is 17.6 Å². The van der Waals surface area contributed by atoms with Gasteiger partial charge in [-0.15, -0.1) is 0 Å². The molecule has 12 heavy (non-hydrogen) atoms. The van der Waals surface area contributed by atoms with Gasteiger partial charge < -0.3 is 15.3 Å². The molecule has 0 aliphatic heterocycles. The van der Waals surface area contributed by atoms with E-state index < -0.39 is 6.10 Å². The maximum Gasteiger partial charge on any atom is 0.166 e. The van der Waals surface area contributed by atoms with E-state index in [1.54, 1.807) is 6.07 Å². The van der Waals surface area contributed by atoms with Crippen molar-refractivity contribution >= 4 is 0 Å². The van der Waals surface area contributed by atoms with Crippen molar-refractivity contribution < 1.29 is 15.3 Å². The maximum absolute atomic E-state index is 8.99. The molecule has 0 aliphatic rings. The number of hydrogen-bond acceptors (Lipinski definition) is 4. The van der Waals surface area contributed by atoms with E-state index in [9.17, 15) is 0 Å². The summed E-state index contributed by atoms with van der Waals surface area (Å²) in [6.45, 7) is 0. The number of aliphatic hydroxyl groups is 1. The molecule has 0 heterocycles. The summed E-state index contributed by atoms with van der Waals surface area (Å²) in [5.41, 5.74) is 0.257. The topological polar surface area (TPSA) is 84.5 Å². The van der Waals surface area contributed by atoms with Gasteiger partial charge in [0.1, 0.15) is 0 Å². The highest BCUT2D eigenvalue weighted by Crippen LogP contribution is 2.27. The molecular weight excluding hydrogens is 157 g/mol. The average molecular weight is 164 g/mol. The number of hydrogen-bond donors (Lipinski definition) is 3. The van der Waals surface area contributed by atoms with Gasteiger partial charge in [-0.05, 0) is 17.7 Å². The van der Waals surface area contributed by atoms with Gasteiger partial charge in [0.05, 0.1) is 6.07 Å². The van der Waals surface area contributed by atoms with Crippen molar-refractivity contribution in [3.63, 3.8) is 0 Å². The van der Waals surface area contributed by atoms with Crippen LogP contribution in [-0.4, -0.2) is 15.3 Å². The molecule has 62 valence electrons. The van der Waals surface area contributed by atoms with E-state index in [1.165, 1.54) is 12.1 Å². The molecule has 0 aliphatic carbocycles. The van der Waals surface area contributed by atoms with Crippen LogP contribution in [-0.2, 0) is 0 Å². The molecule has 1 atom stereocenters. The quantitative estimate of drug-likeness (QED) is 0.420. The second-order valence-corrected chi connectivity index (χ2v) is 2.28. The molecule has 0 fully saturated rings. The van der Waals surface area contributed by atoms with Crippen LogP contribution in [0.2, 0.25) is 0 Å². The molecule has 4 nitrogen and oxygen atoms in total. The molecular formula is C8H7NO3. The van der Waals surface area contributed by atoms with Crippen LogP contribution in [0.5, 0.6) is 11.5 Å². The van der Waals surface area contributed by atoms with Crippen molar-refractivity contribution in [2.24, 2.45) is 0 Å². The first-order valence-corrected chi connectivity index (χ1v) is 3.24. The zero-order valence-electron chi connectivity index (χ0n) is 6.10. The van der Waals surface area contributed by atoms with Crippen LogP contribution in [0.15, 0.2) is 18.2 Å². The number of rotatable bonds is 1. The first kappa shape index (κ1) is 8.37. The number of benzene rings is 1. The average Bonchev–Trinajstić information content (AvgIpc) is 2.08. The van der Waals surface area contributed by atoms with Crippen LogP contribution < -0.4 is 0 Å². The van der Waals surface area contributed by atoms with Crippen molar-refractivity contribution in [3.05, 3.63) is 23.8 Å². The molecule has 1 rings (SSSR count). The Bertz CT molecular complexity index is 330. The van der Waals surface area contributed by atoms with E-state index in [-0.39, 0.29) is 17.1 Å². The fraction of sp³-hybridized carbons (Fsp3) is 0.125. The van der Waals surface area contributed by atoms with E-state index in [1.807, 2.05) is 0 Å². The predicted octanol–water partition coefficient (Wildman–Crippen LogP) is 0.655. The monoisotopic (exact) mass is 164 g/mol. The molecule has 4 heteroatoms. The molecule has 0 spiro atoms. The zero-order chi connectivity index (χ0) is 9.14. The number of aliphatic hydroxyl groups excluding tert-OH is 1. The van der Waals surface area contributed by atoms with Gasteiger partial charge in [-0.25, -0.2) is 0 Å². The third-order valence-corrected chi connectivity index (χ3v) is 1.44. The lowest BCUT2D eigenvalue weighted by Gasteiger charge is -2.03. The second kappa shape index (κ2) is 3.11. The summed E-state index contributed by atoms with van der Waals surface area (Å²) in [5.74, 6) is -0.620. The minimum atomic E-state index is -1.27. The summed E-state index contributed by atoms with van der Waals surface area (Å²) in [6, 6.07) is 5.31. The van der Waals surface area contributed by atoms with Gasteiger partial charge in [0.2, 0.25) is 0 Å². The molecule has 1 aromatic rings. The molecule has 0 saturated heterocycles. The minimum Gasteiger partial charge on any atom is -0.504 e. The largest absolute Gasteiger partial charge is 0.504 e. The third kappa shape index (κ3) is 1.47. The Labute approximate surface area is 68.9 Å². The Kier molecular flexibility index (Phi) is 2.17. The van der Waals surface area contributed by atoms with Crippen molar-refractivity contribution in [2.75, 3.05) is 0 Å². The molecule has 0 aromatic heterocycles. The predicted molar refractivity (Wildman–Crippen MR) is 40.3 cm³/mol. The van der Waals surface area contributed by atoms with Crippen LogP contribution in [0, 0.1) is 11.3 Å². The van der Waals surface area contributed by atoms with Gasteiger partial charge in [0.15, 0.2) is 17.6 Å². The SMILES string of the molecule is N#[11C]C(O)c1ccc(O)c(O)c1.